The van der Waals surface area contributed by atoms with Gasteiger partial charge in [0.2, 0.25) is 11.8 Å². The van der Waals surface area contributed by atoms with Crippen molar-refractivity contribution in [2.75, 3.05) is 25.1 Å². The number of ether oxygens (including phenoxy) is 2. The molecule has 1 aliphatic rings. The molecular formula is C19H19N5O5. The highest BCUT2D eigenvalue weighted by molar-refractivity contribution is 6.07. The normalized spacial score (nSPS) is 15.6. The molecule has 10 nitrogen and oxygen atoms in total. The van der Waals surface area contributed by atoms with Crippen LogP contribution in [0.15, 0.2) is 35.2 Å². The molecule has 1 amide bonds. The molecule has 150 valence electrons. The van der Waals surface area contributed by atoms with Crippen molar-refractivity contribution < 1.29 is 23.5 Å². The van der Waals surface area contributed by atoms with Crippen LogP contribution >= 0.6 is 0 Å². The molecule has 0 fully saturated rings. The van der Waals surface area contributed by atoms with Crippen LogP contribution < -0.4 is 10.1 Å². The fourth-order valence-electron chi connectivity index (χ4n) is 2.86. The second kappa shape index (κ2) is 8.23. The van der Waals surface area contributed by atoms with Crippen LogP contribution in [0.25, 0.3) is 11.5 Å². The summed E-state index contributed by atoms with van der Waals surface area (Å²) in [4.78, 5) is 33.5. The lowest BCUT2D eigenvalue weighted by molar-refractivity contribution is 0.0861. The van der Waals surface area contributed by atoms with Crippen LogP contribution in [0, 0.1) is 0 Å². The smallest absolute Gasteiger partial charge is 0.277 e. The zero-order valence-electron chi connectivity index (χ0n) is 15.8. The second-order valence-electron chi connectivity index (χ2n) is 6.43. The maximum atomic E-state index is 12.6. The molecule has 0 aliphatic carbocycles. The van der Waals surface area contributed by atoms with Crippen molar-refractivity contribution in [3.8, 4) is 17.3 Å². The quantitative estimate of drug-likeness (QED) is 0.612. The molecule has 4 rings (SSSR count). The number of hydrogen-bond acceptors (Lipinski definition) is 8. The Kier molecular flexibility index (Phi) is 5.34. The number of aryl methyl sites for hydroxylation is 1. The third-order valence-corrected chi connectivity index (χ3v) is 4.23. The van der Waals surface area contributed by atoms with E-state index in [9.17, 15) is 9.59 Å². The Hall–Kier alpha value is -3.53. The number of ketones is 1. The maximum Gasteiger partial charge on any atom is 0.277 e. The summed E-state index contributed by atoms with van der Waals surface area (Å²) in [6, 6.07) is 3.38. The molecular weight excluding hydrogens is 378 g/mol. The number of aromatic nitrogens is 4. The minimum Gasteiger partial charge on any atom is -0.475 e. The van der Waals surface area contributed by atoms with Gasteiger partial charge in [-0.3, -0.25) is 14.3 Å². The Labute approximate surface area is 165 Å². The number of oxazole rings is 1. The second-order valence-corrected chi connectivity index (χ2v) is 6.43. The van der Waals surface area contributed by atoms with Crippen molar-refractivity contribution in [2.24, 2.45) is 7.05 Å². The lowest BCUT2D eigenvalue weighted by atomic mass is 10.1. The van der Waals surface area contributed by atoms with Gasteiger partial charge in [-0.1, -0.05) is 0 Å². The molecule has 3 aromatic rings. The number of amides is 1. The van der Waals surface area contributed by atoms with Crippen molar-refractivity contribution >= 4 is 17.4 Å². The Morgan fingerprint density at radius 3 is 3.00 bits per heavy atom. The first kappa shape index (κ1) is 18.8. The molecule has 4 heterocycles. The highest BCUT2D eigenvalue weighted by Gasteiger charge is 2.20. The standard InChI is InChI=1S/C19H19N5O5/c1-24-10-13-17(23-24)15(25)3-2-6-27-7-8-28-16-9-12(4-5-20-16)19-22-14(11-29-19)18(26)21-13/h4-5,9-11H,2-3,6-8H2,1H3,(H,21,26). The summed E-state index contributed by atoms with van der Waals surface area (Å²) in [6.07, 6.45) is 5.18. The van der Waals surface area contributed by atoms with Gasteiger partial charge < -0.3 is 19.2 Å². The number of Topliss-reactive ketones (excluding diaryl/α,β-unsaturated/α-hetero) is 1. The van der Waals surface area contributed by atoms with E-state index in [1.165, 1.54) is 10.9 Å². The molecule has 0 aromatic carbocycles. The molecule has 3 aromatic heterocycles. The van der Waals surface area contributed by atoms with Gasteiger partial charge in [-0.2, -0.15) is 5.10 Å². The summed E-state index contributed by atoms with van der Waals surface area (Å²) < 4.78 is 18.0. The van der Waals surface area contributed by atoms with Crippen LogP contribution in [-0.2, 0) is 11.8 Å². The summed E-state index contributed by atoms with van der Waals surface area (Å²) in [6.45, 7) is 1.09. The van der Waals surface area contributed by atoms with Crippen LogP contribution in [0.5, 0.6) is 5.88 Å². The van der Waals surface area contributed by atoms with Gasteiger partial charge in [0.15, 0.2) is 17.2 Å². The van der Waals surface area contributed by atoms with Crippen molar-refractivity contribution in [2.45, 2.75) is 12.8 Å². The van der Waals surface area contributed by atoms with E-state index < -0.39 is 5.91 Å². The number of hydrogen-bond donors (Lipinski definition) is 1. The van der Waals surface area contributed by atoms with Crippen LogP contribution in [0.3, 0.4) is 0 Å². The third-order valence-electron chi connectivity index (χ3n) is 4.23. The number of anilines is 1. The predicted molar refractivity (Wildman–Crippen MR) is 101 cm³/mol. The van der Waals surface area contributed by atoms with E-state index in [-0.39, 0.29) is 29.5 Å². The Morgan fingerprint density at radius 2 is 2.10 bits per heavy atom. The van der Waals surface area contributed by atoms with Crippen molar-refractivity contribution in [1.82, 2.24) is 19.7 Å². The summed E-state index contributed by atoms with van der Waals surface area (Å²) in [5, 5.41) is 6.86. The minimum atomic E-state index is -0.503. The number of pyridine rings is 1. The molecule has 1 N–H and O–H groups in total. The average Bonchev–Trinajstić information content (AvgIpc) is 3.34. The fourth-order valence-corrected chi connectivity index (χ4v) is 2.86. The highest BCUT2D eigenvalue weighted by Crippen LogP contribution is 2.23. The monoisotopic (exact) mass is 397 g/mol. The molecule has 10 heteroatoms. The largest absolute Gasteiger partial charge is 0.475 e. The van der Waals surface area contributed by atoms with E-state index in [1.54, 1.807) is 31.6 Å². The first-order valence-corrected chi connectivity index (χ1v) is 9.11. The van der Waals surface area contributed by atoms with Crippen LogP contribution in [0.4, 0.5) is 5.69 Å². The predicted octanol–water partition coefficient (Wildman–Crippen LogP) is 2.09. The summed E-state index contributed by atoms with van der Waals surface area (Å²) in [5.41, 5.74) is 1.23. The Balaban J connectivity index is 1.64. The minimum absolute atomic E-state index is 0.0797. The molecule has 29 heavy (non-hydrogen) atoms. The van der Waals surface area contributed by atoms with E-state index in [0.717, 1.165) is 0 Å². The van der Waals surface area contributed by atoms with Crippen molar-refractivity contribution in [3.63, 3.8) is 0 Å². The maximum absolute atomic E-state index is 12.6. The molecule has 0 spiro atoms. The van der Waals surface area contributed by atoms with Crippen LogP contribution in [0.2, 0.25) is 0 Å². The zero-order valence-corrected chi connectivity index (χ0v) is 15.8. The number of carbonyl (C=O) groups is 2. The van der Waals surface area contributed by atoms with E-state index in [2.05, 4.69) is 20.4 Å². The van der Waals surface area contributed by atoms with Gasteiger partial charge in [-0.25, -0.2) is 9.97 Å². The molecule has 0 saturated heterocycles. The molecule has 0 radical (unpaired) electrons. The van der Waals surface area contributed by atoms with E-state index in [1.807, 2.05) is 0 Å². The SMILES string of the molecule is Cn1cc2c(n1)C(=O)CCCOCCOc1cc(ccn1)-c1nc(co1)C(=O)N2. The van der Waals surface area contributed by atoms with Gasteiger partial charge in [0, 0.05) is 44.1 Å². The van der Waals surface area contributed by atoms with Crippen LogP contribution in [-0.4, -0.2) is 51.3 Å². The van der Waals surface area contributed by atoms with E-state index >= 15 is 0 Å². The summed E-state index contributed by atoms with van der Waals surface area (Å²) in [7, 11) is 1.68. The molecule has 0 saturated carbocycles. The third kappa shape index (κ3) is 4.32. The van der Waals surface area contributed by atoms with E-state index in [4.69, 9.17) is 13.9 Å². The van der Waals surface area contributed by atoms with E-state index in [0.29, 0.717) is 43.4 Å². The Morgan fingerprint density at radius 1 is 1.21 bits per heavy atom. The summed E-state index contributed by atoms with van der Waals surface area (Å²) >= 11 is 0. The number of carbonyl (C=O) groups excluding carboxylic acids is 2. The Bertz CT molecular complexity index is 1040. The van der Waals surface area contributed by atoms with Gasteiger partial charge in [-0.15, -0.1) is 0 Å². The van der Waals surface area contributed by atoms with Gasteiger partial charge >= 0.3 is 0 Å². The highest BCUT2D eigenvalue weighted by atomic mass is 16.5. The average molecular weight is 397 g/mol. The number of nitrogens with zero attached hydrogens (tertiary/aromatic N) is 4. The van der Waals surface area contributed by atoms with Gasteiger partial charge in [0.1, 0.15) is 12.9 Å². The first-order valence-electron chi connectivity index (χ1n) is 9.11. The lowest BCUT2D eigenvalue weighted by Gasteiger charge is -2.07. The topological polar surface area (TPSA) is 121 Å². The molecule has 0 unspecified atom stereocenters. The lowest BCUT2D eigenvalue weighted by Crippen LogP contribution is -2.15. The molecule has 1 aliphatic heterocycles. The van der Waals surface area contributed by atoms with Gasteiger partial charge in [-0.05, 0) is 12.5 Å². The van der Waals surface area contributed by atoms with Crippen LogP contribution in [0.1, 0.15) is 33.8 Å². The first-order chi connectivity index (χ1) is 14.1. The number of nitrogens with one attached hydrogen (secondary N) is 1. The van der Waals surface area contributed by atoms with Crippen molar-refractivity contribution in [3.05, 3.63) is 42.2 Å². The number of fused-ring (bicyclic) bond motifs is 6. The van der Waals surface area contributed by atoms with Crippen molar-refractivity contribution in [1.29, 1.82) is 0 Å². The summed E-state index contributed by atoms with van der Waals surface area (Å²) in [5.74, 6) is -0.0345. The molecule has 4 bridgehead atoms. The van der Waals surface area contributed by atoms with Gasteiger partial charge in [0.25, 0.3) is 5.91 Å². The number of rotatable bonds is 0. The fraction of sp³-hybridized carbons (Fsp3) is 0.316. The molecule has 0 atom stereocenters. The van der Waals surface area contributed by atoms with Gasteiger partial charge in [0.05, 0.1) is 12.3 Å². The zero-order chi connectivity index (χ0) is 20.2.